The van der Waals surface area contributed by atoms with E-state index in [0.717, 1.165) is 16.0 Å². The predicted molar refractivity (Wildman–Crippen MR) is 132 cm³/mol. The smallest absolute Gasteiger partial charge is 0.265 e. The Bertz CT molecular complexity index is 1240. The summed E-state index contributed by atoms with van der Waals surface area (Å²) in [6, 6.07) is 17.1. The summed E-state index contributed by atoms with van der Waals surface area (Å²) in [7, 11) is -1.05. The van der Waals surface area contributed by atoms with Gasteiger partial charge in [0.2, 0.25) is 5.91 Å². The molecule has 33 heavy (non-hydrogen) atoms. The zero-order chi connectivity index (χ0) is 24.0. The number of anilines is 2. The SMILES string of the molecule is COc1ccc(NS(=O)(=O)c2cc(NC(=O)CSc3cc(C)ccc3C)ccc2OC)cc1. The number of carbonyl (C=O) groups is 1. The average molecular weight is 487 g/mol. The van der Waals surface area contributed by atoms with Crippen LogP contribution < -0.4 is 19.5 Å². The van der Waals surface area contributed by atoms with Gasteiger partial charge in [-0.05, 0) is 67.9 Å². The molecule has 0 aliphatic carbocycles. The van der Waals surface area contributed by atoms with Crippen LogP contribution in [0.2, 0.25) is 0 Å². The third-order valence-corrected chi connectivity index (χ3v) is 7.34. The normalized spacial score (nSPS) is 11.0. The van der Waals surface area contributed by atoms with Crippen molar-refractivity contribution in [2.24, 2.45) is 0 Å². The molecule has 7 nitrogen and oxygen atoms in total. The van der Waals surface area contributed by atoms with E-state index in [1.54, 1.807) is 30.3 Å². The monoisotopic (exact) mass is 486 g/mol. The van der Waals surface area contributed by atoms with Gasteiger partial charge in [0.15, 0.2) is 0 Å². The molecule has 0 bridgehead atoms. The Morgan fingerprint density at radius 3 is 2.27 bits per heavy atom. The highest BCUT2D eigenvalue weighted by Gasteiger charge is 2.21. The van der Waals surface area contributed by atoms with Crippen molar-refractivity contribution < 1.29 is 22.7 Å². The molecular weight excluding hydrogens is 460 g/mol. The van der Waals surface area contributed by atoms with Crippen LogP contribution in [-0.4, -0.2) is 34.3 Å². The first-order chi connectivity index (χ1) is 15.7. The molecule has 0 radical (unpaired) electrons. The Labute approximate surface area is 198 Å². The standard InChI is InChI=1S/C24H26N2O5S2/c1-16-5-6-17(2)22(13-16)32-15-24(27)25-19-9-12-21(31-4)23(14-19)33(28,29)26-18-7-10-20(30-3)11-8-18/h5-14,26H,15H2,1-4H3,(H,25,27). The summed E-state index contributed by atoms with van der Waals surface area (Å²) in [6.45, 7) is 4.00. The molecule has 3 aromatic rings. The second-order valence-electron chi connectivity index (χ2n) is 7.31. The Kier molecular flexibility index (Phi) is 7.88. The van der Waals surface area contributed by atoms with E-state index in [0.29, 0.717) is 17.1 Å². The number of carbonyl (C=O) groups excluding carboxylic acids is 1. The molecule has 3 rings (SSSR count). The lowest BCUT2D eigenvalue weighted by atomic mass is 10.2. The van der Waals surface area contributed by atoms with Gasteiger partial charge < -0.3 is 14.8 Å². The van der Waals surface area contributed by atoms with Crippen molar-refractivity contribution in [2.45, 2.75) is 23.6 Å². The summed E-state index contributed by atoms with van der Waals surface area (Å²) in [6.07, 6.45) is 0. The fourth-order valence-corrected chi connectivity index (χ4v) is 5.22. The Hall–Kier alpha value is -3.17. The number of amides is 1. The Balaban J connectivity index is 1.75. The first-order valence-electron chi connectivity index (χ1n) is 10.1. The van der Waals surface area contributed by atoms with Gasteiger partial charge in [0.05, 0.1) is 20.0 Å². The molecule has 0 spiro atoms. The molecule has 0 aliphatic heterocycles. The predicted octanol–water partition coefficient (Wildman–Crippen LogP) is 4.85. The second-order valence-corrected chi connectivity index (χ2v) is 9.97. The van der Waals surface area contributed by atoms with Crippen LogP contribution in [0.15, 0.2) is 70.5 Å². The topological polar surface area (TPSA) is 93.7 Å². The van der Waals surface area contributed by atoms with Crippen molar-refractivity contribution in [1.82, 2.24) is 0 Å². The van der Waals surface area contributed by atoms with E-state index in [2.05, 4.69) is 10.0 Å². The van der Waals surface area contributed by atoms with Gasteiger partial charge in [-0.15, -0.1) is 11.8 Å². The lowest BCUT2D eigenvalue weighted by Crippen LogP contribution is -2.17. The van der Waals surface area contributed by atoms with Crippen LogP contribution in [0.25, 0.3) is 0 Å². The molecule has 0 heterocycles. The van der Waals surface area contributed by atoms with Gasteiger partial charge in [0.1, 0.15) is 16.4 Å². The molecule has 0 fully saturated rings. The Morgan fingerprint density at radius 1 is 0.909 bits per heavy atom. The maximum Gasteiger partial charge on any atom is 0.265 e. The fraction of sp³-hybridized carbons (Fsp3) is 0.208. The van der Waals surface area contributed by atoms with Crippen molar-refractivity contribution in [3.05, 3.63) is 71.8 Å². The van der Waals surface area contributed by atoms with Crippen molar-refractivity contribution in [1.29, 1.82) is 0 Å². The zero-order valence-electron chi connectivity index (χ0n) is 18.8. The minimum Gasteiger partial charge on any atom is -0.497 e. The maximum atomic E-state index is 13.0. The molecule has 1 amide bonds. The fourth-order valence-electron chi connectivity index (χ4n) is 3.04. The molecule has 0 saturated carbocycles. The number of sulfonamides is 1. The first kappa shape index (κ1) is 24.5. The molecule has 2 N–H and O–H groups in total. The molecule has 174 valence electrons. The number of aryl methyl sites for hydroxylation is 2. The lowest BCUT2D eigenvalue weighted by molar-refractivity contribution is -0.113. The van der Waals surface area contributed by atoms with E-state index in [1.165, 1.54) is 38.1 Å². The number of benzene rings is 3. The lowest BCUT2D eigenvalue weighted by Gasteiger charge is -2.14. The van der Waals surface area contributed by atoms with E-state index < -0.39 is 10.0 Å². The summed E-state index contributed by atoms with van der Waals surface area (Å²) >= 11 is 1.43. The molecule has 0 aliphatic rings. The van der Waals surface area contributed by atoms with E-state index in [1.807, 2.05) is 32.0 Å². The van der Waals surface area contributed by atoms with Crippen LogP contribution >= 0.6 is 11.8 Å². The minimum atomic E-state index is -3.97. The van der Waals surface area contributed by atoms with Crippen LogP contribution in [0, 0.1) is 13.8 Å². The number of rotatable bonds is 9. The zero-order valence-corrected chi connectivity index (χ0v) is 20.5. The summed E-state index contributed by atoms with van der Waals surface area (Å²) < 4.78 is 38.9. The molecule has 0 unspecified atom stereocenters. The molecule has 0 saturated heterocycles. The number of ether oxygens (including phenoxy) is 2. The molecule has 9 heteroatoms. The summed E-state index contributed by atoms with van der Waals surface area (Å²) in [4.78, 5) is 13.5. The van der Waals surface area contributed by atoms with Gasteiger partial charge in [-0.2, -0.15) is 0 Å². The molecule has 3 aromatic carbocycles. The maximum absolute atomic E-state index is 13.0. The van der Waals surface area contributed by atoms with Crippen LogP contribution in [0.4, 0.5) is 11.4 Å². The van der Waals surface area contributed by atoms with Gasteiger partial charge in [-0.3, -0.25) is 9.52 Å². The van der Waals surface area contributed by atoms with Gasteiger partial charge in [0.25, 0.3) is 10.0 Å². The van der Waals surface area contributed by atoms with E-state index in [9.17, 15) is 13.2 Å². The second kappa shape index (κ2) is 10.6. The number of hydrogen-bond acceptors (Lipinski definition) is 6. The van der Waals surface area contributed by atoms with Crippen molar-refractivity contribution in [3.63, 3.8) is 0 Å². The highest BCUT2D eigenvalue weighted by molar-refractivity contribution is 8.00. The van der Waals surface area contributed by atoms with Gasteiger partial charge in [0, 0.05) is 16.3 Å². The van der Waals surface area contributed by atoms with Crippen molar-refractivity contribution in [2.75, 3.05) is 30.0 Å². The third-order valence-electron chi connectivity index (χ3n) is 4.78. The summed E-state index contributed by atoms with van der Waals surface area (Å²) in [5, 5.41) is 2.76. The van der Waals surface area contributed by atoms with Crippen LogP contribution in [0.3, 0.4) is 0 Å². The quantitative estimate of drug-likeness (QED) is 0.420. The van der Waals surface area contributed by atoms with Crippen molar-refractivity contribution >= 4 is 39.1 Å². The average Bonchev–Trinajstić information content (AvgIpc) is 2.80. The van der Waals surface area contributed by atoms with Gasteiger partial charge in [-0.1, -0.05) is 17.7 Å². The van der Waals surface area contributed by atoms with Crippen molar-refractivity contribution in [3.8, 4) is 11.5 Å². The largest absolute Gasteiger partial charge is 0.497 e. The van der Waals surface area contributed by atoms with Crippen LogP contribution in [0.1, 0.15) is 11.1 Å². The molecular formula is C24H26N2O5S2. The number of nitrogens with one attached hydrogen (secondary N) is 2. The molecule has 0 aromatic heterocycles. The number of thioether (sulfide) groups is 1. The van der Waals surface area contributed by atoms with Crippen LogP contribution in [0.5, 0.6) is 11.5 Å². The first-order valence-corrected chi connectivity index (χ1v) is 12.5. The minimum absolute atomic E-state index is 0.0826. The van der Waals surface area contributed by atoms with Gasteiger partial charge in [-0.25, -0.2) is 8.42 Å². The number of methoxy groups -OCH3 is 2. The third kappa shape index (κ3) is 6.43. The highest BCUT2D eigenvalue weighted by Crippen LogP contribution is 2.30. The number of hydrogen-bond donors (Lipinski definition) is 2. The van der Waals surface area contributed by atoms with Crippen LogP contribution in [-0.2, 0) is 14.8 Å². The van der Waals surface area contributed by atoms with E-state index in [4.69, 9.17) is 9.47 Å². The van der Waals surface area contributed by atoms with E-state index in [-0.39, 0.29) is 22.3 Å². The summed E-state index contributed by atoms with van der Waals surface area (Å²) in [5.74, 6) is 0.734. The van der Waals surface area contributed by atoms with Gasteiger partial charge >= 0.3 is 0 Å². The van der Waals surface area contributed by atoms with E-state index >= 15 is 0 Å². The molecule has 0 atom stereocenters. The summed E-state index contributed by atoms with van der Waals surface area (Å²) in [5.41, 5.74) is 2.95. The highest BCUT2D eigenvalue weighted by atomic mass is 32.2. The Morgan fingerprint density at radius 2 is 1.61 bits per heavy atom.